The maximum Gasteiger partial charge on any atom is 0.308 e. The van der Waals surface area contributed by atoms with Crippen molar-refractivity contribution in [2.45, 2.75) is 235 Å². The van der Waals surface area contributed by atoms with Crippen LogP contribution in [0.3, 0.4) is 0 Å². The Morgan fingerprint density at radius 1 is 0.667 bits per heavy atom. The molecule has 11 atom stereocenters. The monoisotopic (exact) mass is 711 g/mol. The first kappa shape index (κ1) is 41.6. The van der Waals surface area contributed by atoms with E-state index in [1.54, 1.807) is 0 Å². The molecule has 0 aromatic rings. The summed E-state index contributed by atoms with van der Waals surface area (Å²) in [6.45, 7) is 23.0. The smallest absolute Gasteiger partial charge is 0.308 e. The van der Waals surface area contributed by atoms with E-state index >= 15 is 0 Å². The quantitative estimate of drug-likeness (QED) is 0.114. The largest absolute Gasteiger partial charge is 0.462 e. The molecule has 1 N–H and O–H groups in total. The van der Waals surface area contributed by atoms with Gasteiger partial charge in [-0.2, -0.15) is 0 Å². The Hall–Kier alpha value is -0.570. The molecule has 0 saturated heterocycles. The summed E-state index contributed by atoms with van der Waals surface area (Å²) in [6.07, 6.45) is 30.9. The average molecular weight is 711 g/mol. The van der Waals surface area contributed by atoms with Gasteiger partial charge in [0.1, 0.15) is 6.10 Å². The van der Waals surface area contributed by atoms with Crippen LogP contribution in [-0.2, 0) is 9.53 Å². The average Bonchev–Trinajstić information content (AvgIpc) is 3.43. The van der Waals surface area contributed by atoms with Crippen molar-refractivity contribution in [3.63, 3.8) is 0 Å². The van der Waals surface area contributed by atoms with E-state index < -0.39 is 6.10 Å². The lowest BCUT2D eigenvalue weighted by Gasteiger charge is -2.73. The molecule has 0 amide bonds. The van der Waals surface area contributed by atoms with Crippen LogP contribution in [0.5, 0.6) is 0 Å². The van der Waals surface area contributed by atoms with Gasteiger partial charge in [-0.1, -0.05) is 146 Å². The minimum absolute atomic E-state index is 0.0384. The van der Waals surface area contributed by atoms with Crippen molar-refractivity contribution >= 4 is 5.97 Å². The fourth-order valence-electron chi connectivity index (χ4n) is 14.8. The second-order valence-electron chi connectivity index (χ2n) is 21.5. The Morgan fingerprint density at radius 3 is 1.88 bits per heavy atom. The summed E-state index contributed by atoms with van der Waals surface area (Å²) in [5, 5.41) is 10.8. The minimum Gasteiger partial charge on any atom is -0.462 e. The number of aliphatic hydroxyl groups is 1. The minimum atomic E-state index is -0.569. The summed E-state index contributed by atoms with van der Waals surface area (Å²) in [7, 11) is 0. The van der Waals surface area contributed by atoms with Gasteiger partial charge < -0.3 is 9.84 Å². The standard InChI is InChI=1S/C48H86O3/c1-10-11-12-13-14-15-16-17-18-19-20-21-22-23-36(49)34-42(50)51-41-28-30-46(7)39(44(41,4)5)27-31-48(9)40(46)25-24-38-43-37(35(2)3)26-29-45(43,6)32-33-47(38,48)8/h35-41,43,49H,10-34H2,1-9H3/t36?,37-,38+,39-,40+,41-,43+,45+,46-,47+,48+/m0/s1. The number of ether oxygens (including phenoxy) is 1. The van der Waals surface area contributed by atoms with E-state index in [4.69, 9.17) is 4.74 Å². The highest BCUT2D eigenvalue weighted by Gasteiger charge is 2.70. The van der Waals surface area contributed by atoms with Crippen LogP contribution in [0.15, 0.2) is 0 Å². The Labute approximate surface area is 317 Å². The Balaban J connectivity index is 1.08. The third-order valence-corrected chi connectivity index (χ3v) is 18.0. The molecule has 5 aliphatic carbocycles. The van der Waals surface area contributed by atoms with Crippen LogP contribution < -0.4 is 0 Å². The lowest BCUT2D eigenvalue weighted by atomic mass is 9.32. The zero-order chi connectivity index (χ0) is 37.1. The first-order valence-electron chi connectivity index (χ1n) is 23.0. The molecular weight excluding hydrogens is 625 g/mol. The fourth-order valence-corrected chi connectivity index (χ4v) is 14.8. The van der Waals surface area contributed by atoms with Crippen LogP contribution in [0.4, 0.5) is 0 Å². The molecule has 5 fully saturated rings. The van der Waals surface area contributed by atoms with Crippen molar-refractivity contribution in [2.24, 2.45) is 62.6 Å². The SMILES string of the molecule is CCCCCCCCCCCCCCCC(O)CC(=O)O[C@H]1CC[C@]2(C)[C@H]3CC[C@@H]4[C@H]5[C@H](C(C)C)CC[C@]5(C)CC[C@@]4(C)[C@]3(C)CC[C@H]2C1(C)C. The molecular formula is C48H86O3. The van der Waals surface area contributed by atoms with Crippen LogP contribution in [-0.4, -0.2) is 23.3 Å². The van der Waals surface area contributed by atoms with Gasteiger partial charge in [-0.3, -0.25) is 4.79 Å². The molecule has 3 nitrogen and oxygen atoms in total. The number of hydrogen-bond acceptors (Lipinski definition) is 3. The predicted octanol–water partition coefficient (Wildman–Crippen LogP) is 13.9. The van der Waals surface area contributed by atoms with Crippen LogP contribution >= 0.6 is 0 Å². The first-order valence-corrected chi connectivity index (χ1v) is 23.0. The van der Waals surface area contributed by atoms with Gasteiger partial charge in [0.05, 0.1) is 12.5 Å². The number of esters is 1. The summed E-state index contributed by atoms with van der Waals surface area (Å²) >= 11 is 0. The Morgan fingerprint density at radius 2 is 1.27 bits per heavy atom. The van der Waals surface area contributed by atoms with Gasteiger partial charge >= 0.3 is 5.97 Å². The second-order valence-corrected chi connectivity index (χ2v) is 21.5. The topological polar surface area (TPSA) is 46.5 Å². The maximum atomic E-state index is 13.3. The normalized spacial score (nSPS) is 40.6. The fraction of sp³-hybridized carbons (Fsp3) is 0.979. The molecule has 0 radical (unpaired) electrons. The van der Waals surface area contributed by atoms with Gasteiger partial charge in [-0.15, -0.1) is 0 Å². The van der Waals surface area contributed by atoms with Gasteiger partial charge in [0.15, 0.2) is 0 Å². The van der Waals surface area contributed by atoms with E-state index in [1.165, 1.54) is 128 Å². The molecule has 0 heterocycles. The molecule has 0 aromatic carbocycles. The van der Waals surface area contributed by atoms with E-state index in [-0.39, 0.29) is 23.9 Å². The van der Waals surface area contributed by atoms with Crippen LogP contribution in [0.2, 0.25) is 0 Å². The van der Waals surface area contributed by atoms with Crippen LogP contribution in [0.1, 0.15) is 223 Å². The predicted molar refractivity (Wildman–Crippen MR) is 215 cm³/mol. The summed E-state index contributed by atoms with van der Waals surface area (Å²) in [5.74, 6) is 4.66. The van der Waals surface area contributed by atoms with E-state index in [2.05, 4.69) is 62.3 Å². The highest BCUT2D eigenvalue weighted by Crippen LogP contribution is 2.77. The molecule has 296 valence electrons. The van der Waals surface area contributed by atoms with Crippen molar-refractivity contribution < 1.29 is 14.6 Å². The van der Waals surface area contributed by atoms with Crippen molar-refractivity contribution in [3.8, 4) is 0 Å². The molecule has 0 aromatic heterocycles. The van der Waals surface area contributed by atoms with Crippen molar-refractivity contribution in [1.82, 2.24) is 0 Å². The van der Waals surface area contributed by atoms with Crippen molar-refractivity contribution in [1.29, 1.82) is 0 Å². The molecule has 5 rings (SSSR count). The zero-order valence-electron chi connectivity index (χ0n) is 35.6. The Kier molecular flexibility index (Phi) is 13.9. The summed E-state index contributed by atoms with van der Waals surface area (Å²) in [4.78, 5) is 13.3. The number of fused-ring (bicyclic) bond motifs is 7. The van der Waals surface area contributed by atoms with Gasteiger partial charge in [0.2, 0.25) is 0 Å². The first-order chi connectivity index (χ1) is 24.1. The van der Waals surface area contributed by atoms with E-state index in [9.17, 15) is 9.90 Å². The molecule has 1 unspecified atom stereocenters. The van der Waals surface area contributed by atoms with Crippen molar-refractivity contribution in [3.05, 3.63) is 0 Å². The number of carbonyl (C=O) groups is 1. The Bertz CT molecular complexity index is 1110. The van der Waals surface area contributed by atoms with Crippen molar-refractivity contribution in [2.75, 3.05) is 0 Å². The summed E-state index contributed by atoms with van der Waals surface area (Å²) in [5.41, 5.74) is 1.65. The number of unbranched alkanes of at least 4 members (excludes halogenated alkanes) is 12. The molecule has 0 aliphatic heterocycles. The van der Waals surface area contributed by atoms with Crippen LogP contribution in [0.25, 0.3) is 0 Å². The zero-order valence-corrected chi connectivity index (χ0v) is 35.6. The molecule has 0 bridgehead atoms. The molecule has 5 saturated carbocycles. The molecule has 0 spiro atoms. The molecule has 5 aliphatic rings. The summed E-state index contributed by atoms with van der Waals surface area (Å²) < 4.78 is 6.35. The molecule has 3 heteroatoms. The second kappa shape index (κ2) is 17.1. The van der Waals surface area contributed by atoms with Crippen LogP contribution in [0, 0.1) is 62.6 Å². The maximum absolute atomic E-state index is 13.3. The van der Waals surface area contributed by atoms with E-state index in [0.29, 0.717) is 27.6 Å². The van der Waals surface area contributed by atoms with Gasteiger partial charge in [-0.05, 0) is 128 Å². The third kappa shape index (κ3) is 8.35. The number of aliphatic hydroxyl groups excluding tert-OH is 1. The van der Waals surface area contributed by atoms with Gasteiger partial charge in [-0.25, -0.2) is 0 Å². The van der Waals surface area contributed by atoms with E-state index in [1.807, 2.05) is 0 Å². The third-order valence-electron chi connectivity index (χ3n) is 18.0. The van der Waals surface area contributed by atoms with Gasteiger partial charge in [0, 0.05) is 5.41 Å². The molecule has 51 heavy (non-hydrogen) atoms. The van der Waals surface area contributed by atoms with E-state index in [0.717, 1.165) is 55.3 Å². The number of hydrogen-bond donors (Lipinski definition) is 1. The number of rotatable bonds is 18. The van der Waals surface area contributed by atoms with Gasteiger partial charge in [0.25, 0.3) is 0 Å². The lowest BCUT2D eigenvalue weighted by molar-refractivity contribution is -0.250. The highest BCUT2D eigenvalue weighted by molar-refractivity contribution is 5.70. The highest BCUT2D eigenvalue weighted by atomic mass is 16.5. The number of carbonyl (C=O) groups excluding carboxylic acids is 1. The summed E-state index contributed by atoms with van der Waals surface area (Å²) in [6, 6.07) is 0. The lowest BCUT2D eigenvalue weighted by Crippen LogP contribution is -2.66.